The van der Waals surface area contributed by atoms with E-state index in [1.165, 1.54) is 6.42 Å². The van der Waals surface area contributed by atoms with Crippen LogP contribution in [-0.4, -0.2) is 17.9 Å². The molecule has 1 heterocycles. The number of hydrogen-bond donors (Lipinski definition) is 1. The van der Waals surface area contributed by atoms with E-state index in [1.807, 2.05) is 31.2 Å². The van der Waals surface area contributed by atoms with Crippen molar-refractivity contribution in [2.45, 2.75) is 38.1 Å². The molecule has 1 aliphatic heterocycles. The first kappa shape index (κ1) is 12.8. The van der Waals surface area contributed by atoms with E-state index in [0.29, 0.717) is 12.2 Å². The highest BCUT2D eigenvalue weighted by Gasteiger charge is 2.33. The van der Waals surface area contributed by atoms with Gasteiger partial charge in [0.25, 0.3) is 0 Å². The van der Waals surface area contributed by atoms with Gasteiger partial charge in [-0.15, -0.1) is 0 Å². The van der Waals surface area contributed by atoms with Gasteiger partial charge in [0.15, 0.2) is 5.78 Å². The van der Waals surface area contributed by atoms with Gasteiger partial charge in [-0.25, -0.2) is 0 Å². The Bertz CT molecular complexity index is 410. The lowest BCUT2D eigenvalue weighted by molar-refractivity contribution is -0.125. The van der Waals surface area contributed by atoms with Crippen LogP contribution >= 0.6 is 15.9 Å². The molecule has 0 bridgehead atoms. The molecule has 1 unspecified atom stereocenters. The van der Waals surface area contributed by atoms with Crippen molar-refractivity contribution in [1.82, 2.24) is 5.32 Å². The molecule has 0 radical (unpaired) electrons. The van der Waals surface area contributed by atoms with Crippen LogP contribution in [0.15, 0.2) is 28.7 Å². The number of nitrogens with one attached hydrogen (secondary N) is 1. The van der Waals surface area contributed by atoms with Gasteiger partial charge in [-0.3, -0.25) is 4.79 Å². The minimum Gasteiger partial charge on any atom is -0.305 e. The van der Waals surface area contributed by atoms with E-state index in [9.17, 15) is 4.79 Å². The molecule has 0 spiro atoms. The summed E-state index contributed by atoms with van der Waals surface area (Å²) in [6, 6.07) is 7.94. The first-order chi connectivity index (χ1) is 8.12. The van der Waals surface area contributed by atoms with Crippen LogP contribution in [-0.2, 0) is 11.2 Å². The predicted octanol–water partition coefficient (Wildman–Crippen LogP) is 3.09. The molecule has 0 saturated carbocycles. The normalized spacial score (nSPS) is 24.6. The first-order valence-corrected chi connectivity index (χ1v) is 6.93. The average molecular weight is 296 g/mol. The molecule has 2 nitrogen and oxygen atoms in total. The third kappa shape index (κ3) is 2.96. The van der Waals surface area contributed by atoms with Crippen LogP contribution in [0, 0.1) is 0 Å². The summed E-state index contributed by atoms with van der Waals surface area (Å²) in [6.45, 7) is 2.99. The maximum Gasteiger partial charge on any atom is 0.156 e. The second-order valence-corrected chi connectivity index (χ2v) is 5.76. The summed E-state index contributed by atoms with van der Waals surface area (Å²) in [7, 11) is 0. The Morgan fingerprint density at radius 3 is 2.82 bits per heavy atom. The molecule has 1 aliphatic rings. The Kier molecular flexibility index (Phi) is 4.00. The van der Waals surface area contributed by atoms with E-state index in [1.54, 1.807) is 0 Å². The molecule has 17 heavy (non-hydrogen) atoms. The van der Waals surface area contributed by atoms with Crippen molar-refractivity contribution in [2.75, 3.05) is 6.54 Å². The van der Waals surface area contributed by atoms with Gasteiger partial charge in [0, 0.05) is 10.9 Å². The van der Waals surface area contributed by atoms with Gasteiger partial charge >= 0.3 is 0 Å². The fraction of sp³-hybridized carbons (Fsp3) is 0.500. The van der Waals surface area contributed by atoms with E-state index in [2.05, 4.69) is 21.2 Å². The summed E-state index contributed by atoms with van der Waals surface area (Å²) in [6.07, 6.45) is 3.78. The minimum absolute atomic E-state index is 0.295. The fourth-order valence-electron chi connectivity index (χ4n) is 2.30. The van der Waals surface area contributed by atoms with Crippen LogP contribution < -0.4 is 5.32 Å². The maximum atomic E-state index is 12.4. The number of benzene rings is 1. The van der Waals surface area contributed by atoms with Crippen molar-refractivity contribution in [2.24, 2.45) is 0 Å². The Morgan fingerprint density at radius 2 is 2.18 bits per heavy atom. The summed E-state index contributed by atoms with van der Waals surface area (Å²) in [5.41, 5.74) is 0.749. The van der Waals surface area contributed by atoms with Crippen LogP contribution in [0.2, 0.25) is 0 Å². The molecule has 1 N–H and O–H groups in total. The number of carbonyl (C=O) groups excluding carboxylic acids is 1. The molecule has 0 aromatic heterocycles. The van der Waals surface area contributed by atoms with Crippen molar-refractivity contribution in [3.63, 3.8) is 0 Å². The van der Waals surface area contributed by atoms with E-state index in [-0.39, 0.29) is 5.54 Å². The Morgan fingerprint density at radius 1 is 1.41 bits per heavy atom. The van der Waals surface area contributed by atoms with E-state index >= 15 is 0 Å². The number of rotatable bonds is 3. The summed E-state index contributed by atoms with van der Waals surface area (Å²) < 4.78 is 1.02. The predicted molar refractivity (Wildman–Crippen MR) is 73.1 cm³/mol. The van der Waals surface area contributed by atoms with E-state index in [4.69, 9.17) is 0 Å². The van der Waals surface area contributed by atoms with Crippen molar-refractivity contribution >= 4 is 21.7 Å². The zero-order valence-electron chi connectivity index (χ0n) is 10.1. The van der Waals surface area contributed by atoms with Crippen LogP contribution in [0.5, 0.6) is 0 Å². The van der Waals surface area contributed by atoms with Gasteiger partial charge in [0.05, 0.1) is 5.54 Å². The van der Waals surface area contributed by atoms with E-state index in [0.717, 1.165) is 29.4 Å². The quantitative estimate of drug-likeness (QED) is 0.928. The molecule has 3 heteroatoms. The largest absolute Gasteiger partial charge is 0.305 e. The van der Waals surface area contributed by atoms with Gasteiger partial charge in [-0.2, -0.15) is 0 Å². The molecule has 0 aliphatic carbocycles. The lowest BCUT2D eigenvalue weighted by Gasteiger charge is -2.33. The first-order valence-electron chi connectivity index (χ1n) is 6.13. The zero-order chi connectivity index (χ0) is 12.3. The van der Waals surface area contributed by atoms with Gasteiger partial charge in [0.1, 0.15) is 0 Å². The van der Waals surface area contributed by atoms with Crippen LogP contribution in [0.1, 0.15) is 31.7 Å². The highest BCUT2D eigenvalue weighted by Crippen LogP contribution is 2.24. The fourth-order valence-corrected chi connectivity index (χ4v) is 2.73. The summed E-state index contributed by atoms with van der Waals surface area (Å²) in [5, 5.41) is 3.37. The molecule has 1 atom stereocenters. The van der Waals surface area contributed by atoms with Crippen LogP contribution in [0.25, 0.3) is 0 Å². The maximum absolute atomic E-state index is 12.4. The van der Waals surface area contributed by atoms with E-state index < -0.39 is 0 Å². The standard InChI is InChI=1S/C14H18BrNO/c1-14(8-4-5-9-16-14)13(17)10-11-6-2-3-7-12(11)15/h2-3,6-7,16H,4-5,8-10H2,1H3. The minimum atomic E-state index is -0.326. The molecular formula is C14H18BrNO. The third-order valence-corrected chi connectivity index (χ3v) is 4.32. The van der Waals surface area contributed by atoms with Gasteiger partial charge in [-0.05, 0) is 44.4 Å². The van der Waals surface area contributed by atoms with Crippen molar-refractivity contribution in [1.29, 1.82) is 0 Å². The topological polar surface area (TPSA) is 29.1 Å². The monoisotopic (exact) mass is 295 g/mol. The molecule has 0 amide bonds. The molecule has 1 aromatic carbocycles. The second kappa shape index (κ2) is 5.32. The highest BCUT2D eigenvalue weighted by molar-refractivity contribution is 9.10. The number of ketones is 1. The number of hydrogen-bond acceptors (Lipinski definition) is 2. The number of carbonyl (C=O) groups is 1. The SMILES string of the molecule is CC1(C(=O)Cc2ccccc2Br)CCCCN1. The number of piperidine rings is 1. The van der Waals surface area contributed by atoms with Crippen LogP contribution in [0.4, 0.5) is 0 Å². The summed E-state index contributed by atoms with van der Waals surface area (Å²) >= 11 is 3.49. The Balaban J connectivity index is 2.08. The van der Waals surface area contributed by atoms with Crippen molar-refractivity contribution < 1.29 is 4.79 Å². The van der Waals surface area contributed by atoms with Gasteiger partial charge in [0.2, 0.25) is 0 Å². The Labute approximate surface area is 111 Å². The number of halogens is 1. The molecule has 1 aromatic rings. The molecule has 1 fully saturated rings. The highest BCUT2D eigenvalue weighted by atomic mass is 79.9. The summed E-state index contributed by atoms with van der Waals surface area (Å²) in [5.74, 6) is 0.295. The van der Waals surface area contributed by atoms with Crippen LogP contribution in [0.3, 0.4) is 0 Å². The van der Waals surface area contributed by atoms with Crippen molar-refractivity contribution in [3.05, 3.63) is 34.3 Å². The summed E-state index contributed by atoms with van der Waals surface area (Å²) in [4.78, 5) is 12.4. The van der Waals surface area contributed by atoms with Gasteiger partial charge in [-0.1, -0.05) is 34.1 Å². The third-order valence-electron chi connectivity index (χ3n) is 3.54. The lowest BCUT2D eigenvalue weighted by atomic mass is 9.84. The smallest absolute Gasteiger partial charge is 0.156 e. The lowest BCUT2D eigenvalue weighted by Crippen LogP contribution is -2.52. The van der Waals surface area contributed by atoms with Crippen molar-refractivity contribution in [3.8, 4) is 0 Å². The molecule has 92 valence electrons. The number of Topliss-reactive ketones (excluding diaryl/α,β-unsaturated/α-hetero) is 1. The Hall–Kier alpha value is -0.670. The molecular weight excluding hydrogens is 278 g/mol. The zero-order valence-corrected chi connectivity index (χ0v) is 11.7. The average Bonchev–Trinajstić information content (AvgIpc) is 2.33. The molecule has 2 rings (SSSR count). The second-order valence-electron chi connectivity index (χ2n) is 4.91. The van der Waals surface area contributed by atoms with Gasteiger partial charge < -0.3 is 5.32 Å². The molecule has 1 saturated heterocycles.